The lowest BCUT2D eigenvalue weighted by Gasteiger charge is -2.27. The number of hydrogen-bond acceptors (Lipinski definition) is 5. The zero-order valence-electron chi connectivity index (χ0n) is 17.1. The van der Waals surface area contributed by atoms with Crippen LogP contribution in [0.5, 0.6) is 0 Å². The van der Waals surface area contributed by atoms with E-state index >= 15 is 0 Å². The molecule has 1 atom stereocenters. The van der Waals surface area contributed by atoms with Crippen molar-refractivity contribution >= 4 is 29.0 Å². The SMILES string of the molecule is CCC(=O)C1=C(O)C(=O)N(c2ccc(CC(=O)O)cc2)C1c1ccc(N(C)C)cc1. The van der Waals surface area contributed by atoms with Crippen LogP contribution < -0.4 is 9.80 Å². The molecule has 0 spiro atoms. The molecule has 2 aromatic rings. The molecule has 1 unspecified atom stereocenters. The van der Waals surface area contributed by atoms with Gasteiger partial charge < -0.3 is 15.1 Å². The van der Waals surface area contributed by atoms with Gasteiger partial charge in [-0.2, -0.15) is 0 Å². The fourth-order valence-corrected chi connectivity index (χ4v) is 3.57. The van der Waals surface area contributed by atoms with Gasteiger partial charge in [-0.15, -0.1) is 0 Å². The monoisotopic (exact) mass is 408 g/mol. The number of rotatable bonds is 7. The normalized spacial score (nSPS) is 16.2. The minimum absolute atomic E-state index is 0.0784. The molecule has 1 heterocycles. The molecular formula is C23H24N2O5. The van der Waals surface area contributed by atoms with E-state index in [2.05, 4.69) is 0 Å². The molecule has 1 amide bonds. The Morgan fingerprint density at radius 3 is 2.13 bits per heavy atom. The first kappa shape index (κ1) is 21.1. The quantitative estimate of drug-likeness (QED) is 0.730. The van der Waals surface area contributed by atoms with Gasteiger partial charge in [-0.3, -0.25) is 19.3 Å². The van der Waals surface area contributed by atoms with Crippen molar-refractivity contribution in [3.05, 3.63) is 71.0 Å². The van der Waals surface area contributed by atoms with Crippen molar-refractivity contribution < 1.29 is 24.6 Å². The molecule has 0 bridgehead atoms. The molecule has 7 heteroatoms. The number of carbonyl (C=O) groups is 3. The second-order valence-corrected chi connectivity index (χ2v) is 7.34. The summed E-state index contributed by atoms with van der Waals surface area (Å²) in [4.78, 5) is 39.8. The molecule has 0 saturated heterocycles. The number of carbonyl (C=O) groups excluding carboxylic acids is 2. The fourth-order valence-electron chi connectivity index (χ4n) is 3.57. The number of aliphatic carboxylic acids is 1. The van der Waals surface area contributed by atoms with Gasteiger partial charge >= 0.3 is 5.97 Å². The Morgan fingerprint density at radius 2 is 1.63 bits per heavy atom. The molecule has 30 heavy (non-hydrogen) atoms. The molecule has 2 N–H and O–H groups in total. The molecule has 0 aliphatic carbocycles. The highest BCUT2D eigenvalue weighted by Gasteiger charge is 2.43. The molecule has 0 radical (unpaired) electrons. The van der Waals surface area contributed by atoms with Crippen molar-refractivity contribution in [3.8, 4) is 0 Å². The molecule has 7 nitrogen and oxygen atoms in total. The Morgan fingerprint density at radius 1 is 1.03 bits per heavy atom. The predicted octanol–water partition coefficient (Wildman–Crippen LogP) is 3.26. The highest BCUT2D eigenvalue weighted by Crippen LogP contribution is 2.41. The number of carboxylic acids is 1. The van der Waals surface area contributed by atoms with E-state index in [9.17, 15) is 19.5 Å². The topological polar surface area (TPSA) is 98.2 Å². The summed E-state index contributed by atoms with van der Waals surface area (Å²) in [7, 11) is 3.83. The molecule has 3 rings (SSSR count). The van der Waals surface area contributed by atoms with E-state index in [1.807, 2.05) is 43.3 Å². The third kappa shape index (κ3) is 3.91. The van der Waals surface area contributed by atoms with Crippen LogP contribution in [0.15, 0.2) is 59.9 Å². The molecule has 0 aromatic heterocycles. The molecule has 156 valence electrons. The molecule has 1 aliphatic heterocycles. The Balaban J connectivity index is 2.07. The van der Waals surface area contributed by atoms with E-state index in [0.29, 0.717) is 16.8 Å². The first-order chi connectivity index (χ1) is 14.2. The van der Waals surface area contributed by atoms with E-state index in [-0.39, 0.29) is 24.2 Å². The van der Waals surface area contributed by atoms with Crippen LogP contribution in [0.3, 0.4) is 0 Å². The summed E-state index contributed by atoms with van der Waals surface area (Å²) in [6, 6.07) is 13.2. The average Bonchev–Trinajstić information content (AvgIpc) is 2.98. The first-order valence-corrected chi connectivity index (χ1v) is 9.62. The average molecular weight is 408 g/mol. The summed E-state index contributed by atoms with van der Waals surface area (Å²) >= 11 is 0. The van der Waals surface area contributed by atoms with Gasteiger partial charge in [0.15, 0.2) is 11.5 Å². The van der Waals surface area contributed by atoms with E-state index in [4.69, 9.17) is 5.11 Å². The number of carboxylic acid groups (broad SMARTS) is 1. The first-order valence-electron chi connectivity index (χ1n) is 9.62. The Labute approximate surface area is 174 Å². The predicted molar refractivity (Wildman–Crippen MR) is 114 cm³/mol. The number of nitrogens with zero attached hydrogens (tertiary/aromatic N) is 2. The number of amides is 1. The molecule has 0 saturated carbocycles. The van der Waals surface area contributed by atoms with E-state index in [1.165, 1.54) is 4.90 Å². The van der Waals surface area contributed by atoms with Crippen molar-refractivity contribution in [2.24, 2.45) is 0 Å². The largest absolute Gasteiger partial charge is 0.503 e. The van der Waals surface area contributed by atoms with Gasteiger partial charge in [-0.05, 0) is 35.4 Å². The van der Waals surface area contributed by atoms with Crippen molar-refractivity contribution in [2.45, 2.75) is 25.8 Å². The Hall–Kier alpha value is -3.61. The van der Waals surface area contributed by atoms with Gasteiger partial charge in [-0.25, -0.2) is 0 Å². The van der Waals surface area contributed by atoms with Crippen molar-refractivity contribution in [2.75, 3.05) is 23.9 Å². The molecule has 1 aliphatic rings. The summed E-state index contributed by atoms with van der Waals surface area (Å²) in [6.45, 7) is 1.68. The van der Waals surface area contributed by atoms with Crippen LogP contribution >= 0.6 is 0 Å². The van der Waals surface area contributed by atoms with Crippen molar-refractivity contribution in [1.82, 2.24) is 0 Å². The maximum absolute atomic E-state index is 12.9. The lowest BCUT2D eigenvalue weighted by molar-refractivity contribution is -0.136. The van der Waals surface area contributed by atoms with Gasteiger partial charge in [0.25, 0.3) is 5.91 Å². The summed E-state index contributed by atoms with van der Waals surface area (Å²) in [6.07, 6.45) is 0.0249. The Kier molecular flexibility index (Phi) is 5.91. The van der Waals surface area contributed by atoms with E-state index in [1.54, 1.807) is 31.2 Å². The second-order valence-electron chi connectivity index (χ2n) is 7.34. The highest BCUT2D eigenvalue weighted by atomic mass is 16.4. The van der Waals surface area contributed by atoms with Gasteiger partial charge in [0.1, 0.15) is 0 Å². The number of aliphatic hydroxyl groups excluding tert-OH is 1. The molecular weight excluding hydrogens is 384 g/mol. The van der Waals surface area contributed by atoms with Gasteiger partial charge in [0.05, 0.1) is 18.0 Å². The third-order valence-corrected chi connectivity index (χ3v) is 5.12. The molecule has 2 aromatic carbocycles. The number of Topliss-reactive ketones (excluding diaryl/α,β-unsaturated/α-hetero) is 1. The number of benzene rings is 2. The second kappa shape index (κ2) is 8.41. The van der Waals surface area contributed by atoms with Crippen LogP contribution in [-0.4, -0.2) is 42.0 Å². The smallest absolute Gasteiger partial charge is 0.307 e. The standard InChI is InChI=1S/C23H24N2O5/c1-4-18(26)20-21(15-7-11-16(12-8-15)24(2)3)25(23(30)22(20)29)17-9-5-14(6-10-17)13-19(27)28/h5-12,21,29H,4,13H2,1-3H3,(H,27,28). The maximum atomic E-state index is 12.9. The molecule has 0 fully saturated rings. The lowest BCUT2D eigenvalue weighted by Crippen LogP contribution is -2.31. The minimum Gasteiger partial charge on any atom is -0.503 e. The van der Waals surface area contributed by atoms with E-state index < -0.39 is 23.7 Å². The van der Waals surface area contributed by atoms with Crippen LogP contribution in [-0.2, 0) is 20.8 Å². The van der Waals surface area contributed by atoms with Gasteiger partial charge in [-0.1, -0.05) is 31.2 Å². The van der Waals surface area contributed by atoms with Crippen molar-refractivity contribution in [3.63, 3.8) is 0 Å². The zero-order chi connectivity index (χ0) is 22.0. The Bertz CT molecular complexity index is 1010. The maximum Gasteiger partial charge on any atom is 0.307 e. The van der Waals surface area contributed by atoms with Crippen LogP contribution in [0, 0.1) is 0 Å². The summed E-state index contributed by atoms with van der Waals surface area (Å²) in [5.74, 6) is -2.45. The number of hydrogen-bond donors (Lipinski definition) is 2. The fraction of sp³-hybridized carbons (Fsp3) is 0.261. The van der Waals surface area contributed by atoms with Crippen LogP contribution in [0.2, 0.25) is 0 Å². The van der Waals surface area contributed by atoms with Gasteiger partial charge in [0.2, 0.25) is 0 Å². The number of ketones is 1. The van der Waals surface area contributed by atoms with Crippen LogP contribution in [0.4, 0.5) is 11.4 Å². The summed E-state index contributed by atoms with van der Waals surface area (Å²) in [5, 5.41) is 19.5. The summed E-state index contributed by atoms with van der Waals surface area (Å²) in [5.41, 5.74) is 2.80. The minimum atomic E-state index is -0.950. The number of anilines is 2. The van der Waals surface area contributed by atoms with Gasteiger partial charge in [0, 0.05) is 31.9 Å². The third-order valence-electron chi connectivity index (χ3n) is 5.12. The lowest BCUT2D eigenvalue weighted by atomic mass is 9.94. The zero-order valence-corrected chi connectivity index (χ0v) is 17.1. The number of aliphatic hydroxyl groups is 1. The van der Waals surface area contributed by atoms with Crippen molar-refractivity contribution in [1.29, 1.82) is 0 Å². The highest BCUT2D eigenvalue weighted by molar-refractivity contribution is 6.16. The van der Waals surface area contributed by atoms with Crippen LogP contribution in [0.1, 0.15) is 30.5 Å². The summed E-state index contributed by atoms with van der Waals surface area (Å²) < 4.78 is 0. The van der Waals surface area contributed by atoms with Crippen LogP contribution in [0.25, 0.3) is 0 Å². The van der Waals surface area contributed by atoms with E-state index in [0.717, 1.165) is 5.69 Å².